The third kappa shape index (κ3) is 3.53. The molecule has 4 atom stereocenters. The minimum Gasteiger partial charge on any atom is -1.00 e. The summed E-state index contributed by atoms with van der Waals surface area (Å²) < 4.78 is 7.70. The molecule has 1 aliphatic heterocycles. The fourth-order valence-corrected chi connectivity index (χ4v) is 2.60. The van der Waals surface area contributed by atoms with Gasteiger partial charge in [0, 0.05) is 16.9 Å². The van der Waals surface area contributed by atoms with Gasteiger partial charge in [0.2, 0.25) is 0 Å². The zero-order valence-electron chi connectivity index (χ0n) is 11.9. The van der Waals surface area contributed by atoms with Gasteiger partial charge in [-0.15, -0.1) is 0 Å². The highest BCUT2D eigenvalue weighted by molar-refractivity contribution is 5.92. The number of amides is 1. The fraction of sp³-hybridized carbons (Fsp3) is 0.538. The second-order valence-electron chi connectivity index (χ2n) is 4.93. The SMILES string of the molecule is CC[C@H]1O[C@@H]([n+]2cccc(C(N)=O)c2)[C@H](N=[N+]=[N-])[C@@H]1C.[Br-]. The van der Waals surface area contributed by atoms with Crippen molar-refractivity contribution in [1.29, 1.82) is 0 Å². The summed E-state index contributed by atoms with van der Waals surface area (Å²) in [5.74, 6) is -0.386. The molecular formula is C13H18BrN5O2. The van der Waals surface area contributed by atoms with E-state index in [9.17, 15) is 4.79 Å². The lowest BCUT2D eigenvalue weighted by Gasteiger charge is -2.11. The predicted octanol–water partition coefficient (Wildman–Crippen LogP) is -1.30. The van der Waals surface area contributed by atoms with Crippen molar-refractivity contribution < 1.29 is 31.1 Å². The smallest absolute Gasteiger partial charge is 0.271 e. The Morgan fingerprint density at radius 2 is 2.33 bits per heavy atom. The summed E-state index contributed by atoms with van der Waals surface area (Å²) in [6, 6.07) is 3.05. The number of nitrogens with zero attached hydrogens (tertiary/aromatic N) is 4. The third-order valence-corrected chi connectivity index (χ3v) is 3.72. The Morgan fingerprint density at radius 1 is 1.62 bits per heavy atom. The molecule has 2 N–H and O–H groups in total. The summed E-state index contributed by atoms with van der Waals surface area (Å²) in [6.07, 6.45) is 3.86. The van der Waals surface area contributed by atoms with Gasteiger partial charge in [0.25, 0.3) is 12.1 Å². The zero-order valence-corrected chi connectivity index (χ0v) is 13.5. The van der Waals surface area contributed by atoms with Crippen LogP contribution in [0.4, 0.5) is 0 Å². The topological polar surface area (TPSA) is 105 Å². The second kappa shape index (κ2) is 7.40. The highest BCUT2D eigenvalue weighted by atomic mass is 79.9. The van der Waals surface area contributed by atoms with Crippen molar-refractivity contribution in [3.05, 3.63) is 40.5 Å². The summed E-state index contributed by atoms with van der Waals surface area (Å²) in [7, 11) is 0. The number of pyridine rings is 1. The van der Waals surface area contributed by atoms with Gasteiger partial charge in [0.1, 0.15) is 11.6 Å². The summed E-state index contributed by atoms with van der Waals surface area (Å²) in [5.41, 5.74) is 14.4. The average molecular weight is 356 g/mol. The van der Waals surface area contributed by atoms with Crippen LogP contribution in [0.5, 0.6) is 0 Å². The van der Waals surface area contributed by atoms with Crippen LogP contribution in [0.15, 0.2) is 29.6 Å². The van der Waals surface area contributed by atoms with Crippen LogP contribution in [0.25, 0.3) is 10.4 Å². The number of carbonyl (C=O) groups is 1. The molecule has 0 aliphatic carbocycles. The van der Waals surface area contributed by atoms with Gasteiger partial charge >= 0.3 is 0 Å². The average Bonchev–Trinajstić information content (AvgIpc) is 2.76. The quantitative estimate of drug-likeness (QED) is 0.313. The Balaban J connectivity index is 0.00000220. The van der Waals surface area contributed by atoms with Crippen LogP contribution in [-0.2, 0) is 4.74 Å². The van der Waals surface area contributed by atoms with Crippen molar-refractivity contribution in [3.8, 4) is 0 Å². The van der Waals surface area contributed by atoms with Crippen LogP contribution in [0.2, 0.25) is 0 Å². The number of carbonyl (C=O) groups excluding carboxylic acids is 1. The van der Waals surface area contributed by atoms with Crippen LogP contribution in [0.3, 0.4) is 0 Å². The molecule has 1 fully saturated rings. The number of nitrogens with two attached hydrogens (primary N) is 1. The fourth-order valence-electron chi connectivity index (χ4n) is 2.60. The Labute approximate surface area is 133 Å². The number of ether oxygens (including phenoxy) is 1. The molecule has 0 spiro atoms. The standard InChI is InChI=1S/C13H17N5O2.BrH/c1-3-10-8(2)11(16-17-15)13(20-10)18-6-4-5-9(7-18)12(14)19;/h4-8,10-11,13H,3H2,1-2H3,(H-,14,19);1H/t8-,10-,11-,13-;/m1./s1. The van der Waals surface area contributed by atoms with Gasteiger partial charge in [0.15, 0.2) is 12.4 Å². The van der Waals surface area contributed by atoms with Crippen molar-refractivity contribution >= 4 is 5.91 Å². The minimum absolute atomic E-state index is 0. The summed E-state index contributed by atoms with van der Waals surface area (Å²) in [6.45, 7) is 4.03. The molecule has 114 valence electrons. The molecule has 7 nitrogen and oxygen atoms in total. The first-order chi connectivity index (χ1) is 9.58. The first-order valence-corrected chi connectivity index (χ1v) is 6.58. The summed E-state index contributed by atoms with van der Waals surface area (Å²) >= 11 is 0. The Kier molecular flexibility index (Phi) is 6.14. The molecule has 2 rings (SSSR count). The van der Waals surface area contributed by atoms with E-state index < -0.39 is 12.1 Å². The maximum atomic E-state index is 11.2. The lowest BCUT2D eigenvalue weighted by Crippen LogP contribution is -3.00. The van der Waals surface area contributed by atoms with Gasteiger partial charge in [-0.3, -0.25) is 4.79 Å². The van der Waals surface area contributed by atoms with Gasteiger partial charge in [-0.05, 0) is 18.0 Å². The number of hydrogen-bond donors (Lipinski definition) is 1. The molecular weight excluding hydrogens is 338 g/mol. The number of hydrogen-bond acceptors (Lipinski definition) is 3. The molecule has 1 aromatic rings. The predicted molar refractivity (Wildman–Crippen MR) is 71.5 cm³/mol. The van der Waals surface area contributed by atoms with Gasteiger partial charge in [-0.2, -0.15) is 4.57 Å². The van der Waals surface area contributed by atoms with Crippen LogP contribution < -0.4 is 27.3 Å². The first kappa shape index (κ1) is 17.4. The van der Waals surface area contributed by atoms with Crippen LogP contribution >= 0.6 is 0 Å². The summed E-state index contributed by atoms with van der Waals surface area (Å²) in [4.78, 5) is 14.2. The highest BCUT2D eigenvalue weighted by Gasteiger charge is 2.46. The number of halogens is 1. The van der Waals surface area contributed by atoms with Crippen molar-refractivity contribution in [2.24, 2.45) is 16.8 Å². The summed E-state index contributed by atoms with van der Waals surface area (Å²) in [5, 5.41) is 3.85. The van der Waals surface area contributed by atoms with Crippen molar-refractivity contribution in [2.45, 2.75) is 38.6 Å². The largest absolute Gasteiger partial charge is 1.00 e. The molecule has 1 amide bonds. The van der Waals surface area contributed by atoms with E-state index in [1.54, 1.807) is 29.1 Å². The molecule has 0 radical (unpaired) electrons. The van der Waals surface area contributed by atoms with E-state index in [0.717, 1.165) is 6.42 Å². The van der Waals surface area contributed by atoms with Crippen molar-refractivity contribution in [3.63, 3.8) is 0 Å². The van der Waals surface area contributed by atoms with Gasteiger partial charge in [0.05, 0.1) is 6.10 Å². The molecule has 2 heterocycles. The molecule has 0 saturated carbocycles. The minimum atomic E-state index is -0.502. The molecule has 8 heteroatoms. The van der Waals surface area contributed by atoms with Crippen molar-refractivity contribution in [1.82, 2.24) is 0 Å². The second-order valence-corrected chi connectivity index (χ2v) is 4.93. The van der Waals surface area contributed by atoms with Gasteiger partial charge < -0.3 is 27.5 Å². The maximum absolute atomic E-state index is 11.2. The Bertz CT molecular complexity index is 561. The van der Waals surface area contributed by atoms with Crippen LogP contribution in [0, 0.1) is 5.92 Å². The Morgan fingerprint density at radius 3 is 2.90 bits per heavy atom. The molecule has 0 aromatic carbocycles. The van der Waals surface area contributed by atoms with E-state index in [-0.39, 0.29) is 35.0 Å². The monoisotopic (exact) mass is 355 g/mol. The molecule has 21 heavy (non-hydrogen) atoms. The van der Waals surface area contributed by atoms with E-state index in [1.165, 1.54) is 0 Å². The van der Waals surface area contributed by atoms with Gasteiger partial charge in [-0.25, -0.2) is 0 Å². The van der Waals surface area contributed by atoms with E-state index in [0.29, 0.717) is 5.56 Å². The van der Waals surface area contributed by atoms with E-state index in [1.807, 2.05) is 13.8 Å². The number of azide groups is 1. The molecule has 1 aromatic heterocycles. The van der Waals surface area contributed by atoms with E-state index >= 15 is 0 Å². The third-order valence-electron chi connectivity index (χ3n) is 3.72. The zero-order chi connectivity index (χ0) is 14.7. The number of aromatic nitrogens is 1. The maximum Gasteiger partial charge on any atom is 0.271 e. The van der Waals surface area contributed by atoms with Crippen LogP contribution in [-0.4, -0.2) is 18.1 Å². The van der Waals surface area contributed by atoms with Gasteiger partial charge in [-0.1, -0.05) is 19.0 Å². The molecule has 0 unspecified atom stereocenters. The lowest BCUT2D eigenvalue weighted by molar-refractivity contribution is -0.760. The van der Waals surface area contributed by atoms with E-state index in [4.69, 9.17) is 16.0 Å². The van der Waals surface area contributed by atoms with Crippen LogP contribution in [0.1, 0.15) is 36.9 Å². The number of rotatable bonds is 4. The lowest BCUT2D eigenvalue weighted by atomic mass is 9.97. The Hall–Kier alpha value is -1.63. The highest BCUT2D eigenvalue weighted by Crippen LogP contribution is 2.34. The molecule has 0 bridgehead atoms. The van der Waals surface area contributed by atoms with Crippen molar-refractivity contribution in [2.75, 3.05) is 0 Å². The normalized spacial score (nSPS) is 27.5. The number of primary amides is 1. The molecule has 1 aliphatic rings. The van der Waals surface area contributed by atoms with E-state index in [2.05, 4.69) is 10.0 Å². The first-order valence-electron chi connectivity index (χ1n) is 6.58. The molecule has 1 saturated heterocycles.